The van der Waals surface area contributed by atoms with Gasteiger partial charge in [-0.2, -0.15) is 0 Å². The zero-order valence-electron chi connectivity index (χ0n) is 6.54. The quantitative estimate of drug-likeness (QED) is 0.211. The van der Waals surface area contributed by atoms with Crippen LogP contribution in [-0.4, -0.2) is 14.6 Å². The van der Waals surface area contributed by atoms with E-state index >= 15 is 0 Å². The van der Waals surface area contributed by atoms with Crippen molar-refractivity contribution >= 4 is 14.6 Å². The summed E-state index contributed by atoms with van der Waals surface area (Å²) >= 11 is 0. The van der Waals surface area contributed by atoms with Gasteiger partial charge < -0.3 is 40.2 Å². The van der Waals surface area contributed by atoms with Gasteiger partial charge in [0.1, 0.15) is 0 Å². The minimum Gasteiger partial charge on any atom is -0.871 e. The average Bonchev–Trinajstić information content (AvgIpc) is 1.89. The third-order valence-electron chi connectivity index (χ3n) is 0.157. The molecule has 0 saturated carbocycles. The van der Waals surface area contributed by atoms with Gasteiger partial charge in [-0.15, -0.1) is 0 Å². The smallest absolute Gasteiger partial charge is 0.871 e. The molecule has 0 amide bonds. The van der Waals surface area contributed by atoms with Crippen LogP contribution in [0.15, 0.2) is 0 Å². The fourth-order valence-electron chi connectivity index (χ4n) is 0. The molecule has 0 atom stereocenters. The van der Waals surface area contributed by atoms with Crippen molar-refractivity contribution < 1.29 is 122 Å². The predicted octanol–water partition coefficient (Wildman–Crippen LogP) is -8.04. The van der Waals surface area contributed by atoms with E-state index < -0.39 is 14.6 Å². The molecule has 0 N–H and O–H groups in total. The first-order valence-electron chi connectivity index (χ1n) is 1.75. The summed E-state index contributed by atoms with van der Waals surface area (Å²) in [6, 6.07) is 0. The molecular formula is B2Cd3O8. The molecule has 0 fully saturated rings. The summed E-state index contributed by atoms with van der Waals surface area (Å²) < 4.78 is 0. The SMILES string of the molecule is [Cd+2].[Cd+2].[Cd+2].[O-]OB([O-])[O-].[O-]OB([O-])[O-]. The van der Waals surface area contributed by atoms with Crippen LogP contribution in [0.25, 0.3) is 0 Å². The molecule has 0 heterocycles. The van der Waals surface area contributed by atoms with Gasteiger partial charge in [0.15, 0.2) is 0 Å². The summed E-state index contributed by atoms with van der Waals surface area (Å²) in [5.41, 5.74) is 0. The summed E-state index contributed by atoms with van der Waals surface area (Å²) in [5, 5.41) is 52.2. The minimum absolute atomic E-state index is 0. The van der Waals surface area contributed by atoms with Crippen molar-refractivity contribution in [1.82, 2.24) is 0 Å². The molecule has 8 nitrogen and oxygen atoms in total. The first-order chi connectivity index (χ1) is 4.54. The van der Waals surface area contributed by atoms with Gasteiger partial charge in [0.25, 0.3) is 0 Å². The number of rotatable bonds is 2. The van der Waals surface area contributed by atoms with E-state index in [0.29, 0.717) is 0 Å². The molecule has 0 aliphatic rings. The van der Waals surface area contributed by atoms with E-state index in [2.05, 4.69) is 9.61 Å². The standard InChI is InChI=1S/2BHO4.3Cd/c2*2-1(3)5-4;;;/h2*4H;;;/q2*-2;3*+2/p-2. The Hall–Kier alpha value is 2.58. The molecule has 0 aliphatic heterocycles. The van der Waals surface area contributed by atoms with E-state index in [-0.39, 0.29) is 81.9 Å². The van der Waals surface area contributed by atoms with Gasteiger partial charge in [-0.1, -0.05) is 0 Å². The second kappa shape index (κ2) is 24.0. The van der Waals surface area contributed by atoms with Gasteiger partial charge in [-0.05, 0) is 0 Å². The largest absolute Gasteiger partial charge is 2.00 e. The molecule has 0 aliphatic carbocycles. The molecule has 0 spiro atoms. The third kappa shape index (κ3) is 53.3. The predicted molar refractivity (Wildman–Crippen MR) is 13.7 cm³/mol. The van der Waals surface area contributed by atoms with Crippen molar-refractivity contribution in [2.45, 2.75) is 0 Å². The number of hydrogen-bond acceptors (Lipinski definition) is 8. The molecule has 0 bridgehead atoms. The summed E-state index contributed by atoms with van der Waals surface area (Å²) in [6.07, 6.45) is 0. The van der Waals surface area contributed by atoms with Crippen LogP contribution in [0.5, 0.6) is 0 Å². The first kappa shape index (κ1) is 29.6. The molecule has 60 valence electrons. The Morgan fingerprint density at radius 2 is 0.692 bits per heavy atom. The van der Waals surface area contributed by atoms with Crippen LogP contribution >= 0.6 is 0 Å². The molecule has 0 aromatic carbocycles. The Kier molecular flexibility index (Phi) is 54.7. The average molecular weight is 487 g/mol. The second-order valence-corrected chi connectivity index (χ2v) is 0.770. The summed E-state index contributed by atoms with van der Waals surface area (Å²) in [4.78, 5) is 4.78. The van der Waals surface area contributed by atoms with Crippen LogP contribution in [0, 0.1) is 0 Å². The normalized spacial score (nSPS) is 6.00. The topological polar surface area (TPSA) is 157 Å². The molecule has 0 rings (SSSR count). The Morgan fingerprint density at radius 1 is 0.615 bits per heavy atom. The zero-order valence-corrected chi connectivity index (χ0v) is 18.7. The Balaban J connectivity index is -0.0000000267. The van der Waals surface area contributed by atoms with Crippen molar-refractivity contribution in [3.05, 3.63) is 0 Å². The van der Waals surface area contributed by atoms with Gasteiger partial charge in [0.2, 0.25) is 0 Å². The van der Waals surface area contributed by atoms with Crippen LogP contribution in [-0.2, 0) is 91.5 Å². The van der Waals surface area contributed by atoms with Gasteiger partial charge >= 0.3 is 81.9 Å². The van der Waals surface area contributed by atoms with Crippen molar-refractivity contribution in [1.29, 1.82) is 0 Å². The van der Waals surface area contributed by atoms with E-state index in [4.69, 9.17) is 30.6 Å². The van der Waals surface area contributed by atoms with E-state index in [1.54, 1.807) is 0 Å². The van der Waals surface area contributed by atoms with E-state index in [1.807, 2.05) is 0 Å². The molecule has 13 heteroatoms. The van der Waals surface area contributed by atoms with Crippen LogP contribution in [0.4, 0.5) is 0 Å². The molecule has 13 heavy (non-hydrogen) atoms. The van der Waals surface area contributed by atoms with Crippen molar-refractivity contribution in [2.75, 3.05) is 0 Å². The van der Waals surface area contributed by atoms with Crippen molar-refractivity contribution in [3.8, 4) is 0 Å². The van der Waals surface area contributed by atoms with Crippen molar-refractivity contribution in [3.63, 3.8) is 0 Å². The monoisotopic (exact) mass is 492 g/mol. The van der Waals surface area contributed by atoms with Gasteiger partial charge in [-0.3, -0.25) is 0 Å². The van der Waals surface area contributed by atoms with Gasteiger partial charge in [0.05, 0.1) is 0 Å². The number of hydrogen-bond donors (Lipinski definition) is 0. The Morgan fingerprint density at radius 3 is 0.692 bits per heavy atom. The minimum atomic E-state index is -2.67. The Bertz CT molecular complexity index is 53.4. The van der Waals surface area contributed by atoms with Crippen LogP contribution in [0.3, 0.4) is 0 Å². The van der Waals surface area contributed by atoms with E-state index in [9.17, 15) is 0 Å². The molecule has 0 aromatic rings. The summed E-state index contributed by atoms with van der Waals surface area (Å²) in [6.45, 7) is 0. The third-order valence-corrected chi connectivity index (χ3v) is 0.157. The maximum Gasteiger partial charge on any atom is 2.00 e. The van der Waals surface area contributed by atoms with Crippen LogP contribution in [0.1, 0.15) is 0 Å². The zero-order chi connectivity index (χ0) is 8.57. The van der Waals surface area contributed by atoms with Crippen LogP contribution < -0.4 is 30.6 Å². The molecule has 0 unspecified atom stereocenters. The maximum atomic E-state index is 8.81. The fraction of sp³-hybridized carbons (Fsp3) is 0. The molecular weight excluding hydrogens is 487 g/mol. The molecule has 0 radical (unpaired) electrons. The van der Waals surface area contributed by atoms with Crippen LogP contribution in [0.2, 0.25) is 0 Å². The fourth-order valence-corrected chi connectivity index (χ4v) is 0. The molecule has 0 saturated heterocycles. The van der Waals surface area contributed by atoms with E-state index in [0.717, 1.165) is 0 Å². The van der Waals surface area contributed by atoms with E-state index in [1.165, 1.54) is 0 Å². The first-order valence-corrected chi connectivity index (χ1v) is 1.75. The van der Waals surface area contributed by atoms with Gasteiger partial charge in [-0.25, -0.2) is 0 Å². The Labute approximate surface area is 135 Å². The summed E-state index contributed by atoms with van der Waals surface area (Å²) in [7, 11) is -5.34. The van der Waals surface area contributed by atoms with Crippen molar-refractivity contribution in [2.24, 2.45) is 0 Å². The molecule has 0 aromatic heterocycles. The summed E-state index contributed by atoms with van der Waals surface area (Å²) in [5.74, 6) is 0. The second-order valence-electron chi connectivity index (χ2n) is 0.770. The maximum absolute atomic E-state index is 8.81. The van der Waals surface area contributed by atoms with Gasteiger partial charge in [0, 0.05) is 14.6 Å².